The first-order valence-corrected chi connectivity index (χ1v) is 19.1. The predicted molar refractivity (Wildman–Crippen MR) is 193 cm³/mol. The molecule has 0 saturated carbocycles. The number of carboxylic acids is 2. The van der Waals surface area contributed by atoms with Crippen molar-refractivity contribution in [2.24, 2.45) is 0 Å². The first kappa shape index (κ1) is 45.5. The summed E-state index contributed by atoms with van der Waals surface area (Å²) in [6, 6.07) is 3.22. The average Bonchev–Trinajstić information content (AvgIpc) is 3.11. The van der Waals surface area contributed by atoms with Crippen molar-refractivity contribution in [2.75, 3.05) is 52.9 Å². The van der Waals surface area contributed by atoms with Crippen LogP contribution >= 0.6 is 0 Å². The highest BCUT2D eigenvalue weighted by atomic mass is 16.9. The molecule has 0 amide bonds. The molecule has 0 aliphatic carbocycles. The zero-order valence-electron chi connectivity index (χ0n) is 31.2. The van der Waals surface area contributed by atoms with E-state index in [0.29, 0.717) is 19.8 Å². The third-order valence-corrected chi connectivity index (χ3v) is 8.29. The Hall–Kier alpha value is -2.57. The molecule has 0 radical (unpaired) electrons. The molecular weight excluding hydrogens is 644 g/mol. The highest BCUT2D eigenvalue weighted by Crippen LogP contribution is 2.21. The molecule has 0 unspecified atom stereocenters. The van der Waals surface area contributed by atoms with Crippen LogP contribution in [0.2, 0.25) is 0 Å². The fourth-order valence-corrected chi connectivity index (χ4v) is 5.30. The monoisotopic (exact) mass is 710 g/mol. The lowest BCUT2D eigenvalue weighted by atomic mass is 10.0. The van der Waals surface area contributed by atoms with Gasteiger partial charge >= 0.3 is 23.9 Å². The molecule has 1 aromatic carbocycles. The van der Waals surface area contributed by atoms with E-state index in [4.69, 9.17) is 33.5 Å². The van der Waals surface area contributed by atoms with Crippen LogP contribution in [-0.2, 0) is 28.4 Å². The maximum Gasteiger partial charge on any atom is 0.339 e. The van der Waals surface area contributed by atoms with E-state index in [0.717, 1.165) is 56.7 Å². The molecule has 2 N–H and O–H groups in total. The van der Waals surface area contributed by atoms with Gasteiger partial charge in [0.25, 0.3) is 0 Å². The van der Waals surface area contributed by atoms with Gasteiger partial charge in [0, 0.05) is 0 Å². The lowest BCUT2D eigenvalue weighted by Gasteiger charge is -2.33. The molecule has 288 valence electrons. The van der Waals surface area contributed by atoms with Crippen LogP contribution in [0.15, 0.2) is 18.2 Å². The maximum atomic E-state index is 12.5. The van der Waals surface area contributed by atoms with E-state index in [9.17, 15) is 19.5 Å². The summed E-state index contributed by atoms with van der Waals surface area (Å²) in [6.45, 7) is 8.69. The SMILES string of the molecule is CCCCCCCCOC(COCCOCCOC(=O)c1ccc(C(=O)O)cc1C(=O)O)(OCCCCCCCC)OCCCCCCCC. The lowest BCUT2D eigenvalue weighted by Crippen LogP contribution is -2.45. The van der Waals surface area contributed by atoms with E-state index in [1.807, 2.05) is 0 Å². The summed E-state index contributed by atoms with van der Waals surface area (Å²) in [5.41, 5.74) is -0.909. The molecular formula is C39H66O11. The zero-order chi connectivity index (χ0) is 36.7. The summed E-state index contributed by atoms with van der Waals surface area (Å²) in [5.74, 6) is -4.88. The number of ether oxygens (including phenoxy) is 6. The fourth-order valence-electron chi connectivity index (χ4n) is 5.30. The number of unbranched alkanes of at least 4 members (excludes halogenated alkanes) is 15. The molecule has 50 heavy (non-hydrogen) atoms. The molecule has 11 nitrogen and oxygen atoms in total. The number of rotatable bonds is 35. The molecule has 1 aromatic rings. The second kappa shape index (κ2) is 30.1. The Morgan fingerprint density at radius 2 is 0.960 bits per heavy atom. The van der Waals surface area contributed by atoms with Crippen molar-refractivity contribution < 1.29 is 53.0 Å². The lowest BCUT2D eigenvalue weighted by molar-refractivity contribution is -0.395. The van der Waals surface area contributed by atoms with Gasteiger partial charge in [-0.05, 0) is 37.5 Å². The van der Waals surface area contributed by atoms with Gasteiger partial charge in [-0.15, -0.1) is 0 Å². The number of aromatic carboxylic acids is 2. The summed E-state index contributed by atoms with van der Waals surface area (Å²) < 4.78 is 35.8. The van der Waals surface area contributed by atoms with Crippen molar-refractivity contribution in [3.8, 4) is 0 Å². The van der Waals surface area contributed by atoms with Crippen molar-refractivity contribution in [3.63, 3.8) is 0 Å². The first-order valence-electron chi connectivity index (χ1n) is 19.1. The van der Waals surface area contributed by atoms with E-state index in [2.05, 4.69) is 20.8 Å². The fraction of sp³-hybridized carbons (Fsp3) is 0.769. The molecule has 1 rings (SSSR count). The standard InChI is InChI=1S/C39H66O11/c1-4-7-10-13-16-19-24-48-39(49-25-20-17-14-11-8-5-2,50-26-21-18-15-12-9-6-3)32-46-28-27-45-29-30-47-38(44)34-23-22-33(36(40)41)31-35(34)37(42)43/h22-23,31H,4-21,24-30,32H2,1-3H3,(H,40,41)(H,42,43). The molecule has 11 heteroatoms. The average molecular weight is 711 g/mol. The van der Waals surface area contributed by atoms with Gasteiger partial charge in [-0.2, -0.15) is 0 Å². The third-order valence-electron chi connectivity index (χ3n) is 8.29. The van der Waals surface area contributed by atoms with Gasteiger partial charge in [0.05, 0.1) is 56.3 Å². The Bertz CT molecular complexity index is 984. The Kier molecular flexibility index (Phi) is 27.4. The first-order chi connectivity index (χ1) is 24.3. The van der Waals surface area contributed by atoms with Crippen molar-refractivity contribution in [1.82, 2.24) is 0 Å². The van der Waals surface area contributed by atoms with Crippen LogP contribution in [0.5, 0.6) is 0 Å². The summed E-state index contributed by atoms with van der Waals surface area (Å²) >= 11 is 0. The maximum absolute atomic E-state index is 12.5. The summed E-state index contributed by atoms with van der Waals surface area (Å²) in [4.78, 5) is 35.2. The Morgan fingerprint density at radius 3 is 1.42 bits per heavy atom. The van der Waals surface area contributed by atoms with E-state index in [1.54, 1.807) is 0 Å². The minimum atomic E-state index is -1.42. The minimum Gasteiger partial charge on any atom is -0.478 e. The molecule has 0 aliphatic heterocycles. The smallest absolute Gasteiger partial charge is 0.339 e. The van der Waals surface area contributed by atoms with Crippen LogP contribution in [0.3, 0.4) is 0 Å². The number of carbonyl (C=O) groups is 3. The Morgan fingerprint density at radius 1 is 0.520 bits per heavy atom. The largest absolute Gasteiger partial charge is 0.478 e. The summed E-state index contributed by atoms with van der Waals surface area (Å²) in [6.07, 6.45) is 20.7. The minimum absolute atomic E-state index is 0.0629. The van der Waals surface area contributed by atoms with Crippen LogP contribution in [-0.4, -0.2) is 86.9 Å². The van der Waals surface area contributed by atoms with Gasteiger partial charge in [0.1, 0.15) is 13.2 Å². The Balaban J connectivity index is 2.66. The molecule has 0 fully saturated rings. The molecule has 0 saturated heterocycles. The highest BCUT2D eigenvalue weighted by Gasteiger charge is 2.34. The van der Waals surface area contributed by atoms with Crippen molar-refractivity contribution >= 4 is 17.9 Å². The molecule has 0 aliphatic rings. The van der Waals surface area contributed by atoms with E-state index < -0.39 is 29.4 Å². The van der Waals surface area contributed by atoms with Gasteiger partial charge in [-0.25, -0.2) is 14.4 Å². The topological polar surface area (TPSA) is 147 Å². The number of carboxylic acid groups (broad SMARTS) is 2. The zero-order valence-corrected chi connectivity index (χ0v) is 31.2. The van der Waals surface area contributed by atoms with Crippen LogP contribution in [0.25, 0.3) is 0 Å². The van der Waals surface area contributed by atoms with Crippen molar-refractivity contribution in [2.45, 2.75) is 142 Å². The molecule has 0 spiro atoms. The van der Waals surface area contributed by atoms with Gasteiger partial charge < -0.3 is 38.6 Å². The Labute approximate surface area is 300 Å². The van der Waals surface area contributed by atoms with Gasteiger partial charge in [-0.1, -0.05) is 117 Å². The van der Waals surface area contributed by atoms with E-state index in [1.165, 1.54) is 77.0 Å². The molecule has 0 aromatic heterocycles. The van der Waals surface area contributed by atoms with Crippen LogP contribution < -0.4 is 0 Å². The van der Waals surface area contributed by atoms with Gasteiger partial charge in [-0.3, -0.25) is 0 Å². The van der Waals surface area contributed by atoms with Crippen molar-refractivity contribution in [3.05, 3.63) is 34.9 Å². The number of hydrogen-bond acceptors (Lipinski definition) is 9. The number of carbonyl (C=O) groups excluding carboxylic acids is 1. The van der Waals surface area contributed by atoms with Gasteiger partial charge in [0.15, 0.2) is 0 Å². The summed E-state index contributed by atoms with van der Waals surface area (Å²) in [7, 11) is 0. The second-order valence-corrected chi connectivity index (χ2v) is 12.7. The highest BCUT2D eigenvalue weighted by molar-refractivity contribution is 6.04. The number of esters is 1. The second-order valence-electron chi connectivity index (χ2n) is 12.7. The molecule has 0 atom stereocenters. The predicted octanol–water partition coefficient (Wildman–Crippen LogP) is 9.06. The van der Waals surface area contributed by atoms with E-state index in [-0.39, 0.29) is 44.2 Å². The van der Waals surface area contributed by atoms with Crippen molar-refractivity contribution in [1.29, 1.82) is 0 Å². The number of hydrogen-bond donors (Lipinski definition) is 2. The molecule has 0 heterocycles. The normalized spacial score (nSPS) is 11.6. The van der Waals surface area contributed by atoms with Crippen LogP contribution in [0, 0.1) is 0 Å². The van der Waals surface area contributed by atoms with E-state index >= 15 is 0 Å². The number of benzene rings is 1. The van der Waals surface area contributed by atoms with Crippen LogP contribution in [0.4, 0.5) is 0 Å². The summed E-state index contributed by atoms with van der Waals surface area (Å²) in [5, 5.41) is 18.5. The third kappa shape index (κ3) is 21.6. The van der Waals surface area contributed by atoms with Gasteiger partial charge in [0.2, 0.25) is 0 Å². The van der Waals surface area contributed by atoms with Crippen LogP contribution in [0.1, 0.15) is 167 Å². The molecule has 0 bridgehead atoms. The quantitative estimate of drug-likeness (QED) is 0.0395.